The topological polar surface area (TPSA) is 83.8 Å². The molecule has 1 atom stereocenters. The van der Waals surface area contributed by atoms with Crippen LogP contribution in [0.1, 0.15) is 103 Å². The lowest BCUT2D eigenvalue weighted by atomic mass is 10.0. The average Bonchev–Trinajstić information content (AvgIpc) is 2.59. The Morgan fingerprint density at radius 3 is 1.76 bits per heavy atom. The molecule has 2 N–H and O–H groups in total. The van der Waals surface area contributed by atoms with Crippen LogP contribution in [0, 0.1) is 0 Å². The van der Waals surface area contributed by atoms with E-state index in [1.807, 2.05) is 0 Å². The molecule has 0 aliphatic rings. The number of esters is 1. The number of carboxylic acids is 1. The van der Waals surface area contributed by atoms with Crippen LogP contribution >= 0.6 is 0 Å². The zero-order valence-electron chi connectivity index (χ0n) is 16.0. The molecule has 0 rings (SSSR count). The van der Waals surface area contributed by atoms with Crippen molar-refractivity contribution in [3.05, 3.63) is 0 Å². The number of unbranched alkanes of at least 4 members (excludes halogenated alkanes) is 10. The Bertz CT molecular complexity index is 330. The number of rotatable bonds is 18. The van der Waals surface area contributed by atoms with Crippen LogP contribution in [0.3, 0.4) is 0 Å². The first-order valence-corrected chi connectivity index (χ1v) is 10.1. The second kappa shape index (κ2) is 17.7. The quantitative estimate of drug-likeness (QED) is 0.270. The van der Waals surface area contributed by atoms with Crippen LogP contribution in [-0.4, -0.2) is 34.9 Å². The fourth-order valence-corrected chi connectivity index (χ4v) is 2.99. The number of aliphatic carboxylic acids is 1. The SMILES string of the molecule is CCCCCCC(CCCCCCCCCCC(=O)O)OC(=O)CO. The molecule has 0 amide bonds. The van der Waals surface area contributed by atoms with E-state index in [1.54, 1.807) is 0 Å². The van der Waals surface area contributed by atoms with Gasteiger partial charge >= 0.3 is 11.9 Å². The van der Waals surface area contributed by atoms with Crippen molar-refractivity contribution in [3.8, 4) is 0 Å². The van der Waals surface area contributed by atoms with Gasteiger partial charge in [0.25, 0.3) is 0 Å². The molecule has 5 heteroatoms. The molecular formula is C20H38O5. The van der Waals surface area contributed by atoms with Crippen molar-refractivity contribution in [1.29, 1.82) is 0 Å². The monoisotopic (exact) mass is 358 g/mol. The molecule has 0 bridgehead atoms. The fraction of sp³-hybridized carbons (Fsp3) is 0.900. The van der Waals surface area contributed by atoms with Gasteiger partial charge in [-0.25, -0.2) is 4.79 Å². The molecule has 0 heterocycles. The van der Waals surface area contributed by atoms with E-state index in [9.17, 15) is 9.59 Å². The zero-order valence-corrected chi connectivity index (χ0v) is 16.0. The number of carbonyl (C=O) groups is 2. The fourth-order valence-electron chi connectivity index (χ4n) is 2.99. The number of carboxylic acid groups (broad SMARTS) is 1. The van der Waals surface area contributed by atoms with Gasteiger partial charge in [0.1, 0.15) is 12.7 Å². The summed E-state index contributed by atoms with van der Waals surface area (Å²) in [5.74, 6) is -1.21. The van der Waals surface area contributed by atoms with E-state index in [1.165, 1.54) is 38.5 Å². The lowest BCUT2D eigenvalue weighted by Crippen LogP contribution is -2.20. The van der Waals surface area contributed by atoms with E-state index in [0.29, 0.717) is 0 Å². The smallest absolute Gasteiger partial charge is 0.332 e. The van der Waals surface area contributed by atoms with Gasteiger partial charge < -0.3 is 14.9 Å². The third-order valence-electron chi connectivity index (χ3n) is 4.47. The number of hydrogen-bond acceptors (Lipinski definition) is 4. The van der Waals surface area contributed by atoms with Crippen LogP contribution in [-0.2, 0) is 14.3 Å². The molecule has 0 saturated carbocycles. The molecule has 5 nitrogen and oxygen atoms in total. The van der Waals surface area contributed by atoms with Gasteiger partial charge in [0.15, 0.2) is 0 Å². The summed E-state index contributed by atoms with van der Waals surface area (Å²) in [5, 5.41) is 17.4. The molecule has 0 aliphatic heterocycles. The highest BCUT2D eigenvalue weighted by atomic mass is 16.6. The zero-order chi connectivity index (χ0) is 18.8. The normalized spacial score (nSPS) is 12.1. The molecule has 0 saturated heterocycles. The summed E-state index contributed by atoms with van der Waals surface area (Å²) in [6.07, 6.45) is 15.3. The predicted molar refractivity (Wildman–Crippen MR) is 99.5 cm³/mol. The van der Waals surface area contributed by atoms with E-state index < -0.39 is 18.5 Å². The lowest BCUT2D eigenvalue weighted by molar-refractivity contribution is -0.153. The van der Waals surface area contributed by atoms with Crippen LogP contribution in [0.15, 0.2) is 0 Å². The minimum Gasteiger partial charge on any atom is -0.481 e. The van der Waals surface area contributed by atoms with Crippen molar-refractivity contribution in [3.63, 3.8) is 0 Å². The molecule has 25 heavy (non-hydrogen) atoms. The summed E-state index contributed by atoms with van der Waals surface area (Å²) >= 11 is 0. The summed E-state index contributed by atoms with van der Waals surface area (Å²) < 4.78 is 5.33. The van der Waals surface area contributed by atoms with E-state index in [0.717, 1.165) is 51.4 Å². The average molecular weight is 359 g/mol. The van der Waals surface area contributed by atoms with Crippen LogP contribution in [0.4, 0.5) is 0 Å². The maximum atomic E-state index is 11.3. The van der Waals surface area contributed by atoms with Crippen molar-refractivity contribution >= 4 is 11.9 Å². The molecule has 148 valence electrons. The number of aliphatic hydroxyl groups is 1. The van der Waals surface area contributed by atoms with E-state index >= 15 is 0 Å². The van der Waals surface area contributed by atoms with Gasteiger partial charge in [-0.3, -0.25) is 4.79 Å². The first kappa shape index (κ1) is 23.9. The predicted octanol–water partition coefficient (Wildman–Crippen LogP) is 4.85. The Morgan fingerprint density at radius 1 is 0.800 bits per heavy atom. The highest BCUT2D eigenvalue weighted by molar-refractivity contribution is 5.70. The number of hydrogen-bond donors (Lipinski definition) is 2. The van der Waals surface area contributed by atoms with Gasteiger partial charge in [-0.1, -0.05) is 64.7 Å². The standard InChI is InChI=1S/C20H38O5/c1-2-3-4-11-14-18(25-20(24)17-21)15-12-9-7-5-6-8-10-13-16-19(22)23/h18,21H,2-17H2,1H3,(H,22,23). The van der Waals surface area contributed by atoms with Gasteiger partial charge in [-0.2, -0.15) is 0 Å². The van der Waals surface area contributed by atoms with Crippen LogP contribution < -0.4 is 0 Å². The Hall–Kier alpha value is -1.10. The van der Waals surface area contributed by atoms with Crippen molar-refractivity contribution in [2.75, 3.05) is 6.61 Å². The van der Waals surface area contributed by atoms with Crippen LogP contribution in [0.2, 0.25) is 0 Å². The van der Waals surface area contributed by atoms with Crippen LogP contribution in [0.25, 0.3) is 0 Å². The third-order valence-corrected chi connectivity index (χ3v) is 4.47. The first-order chi connectivity index (χ1) is 12.1. The lowest BCUT2D eigenvalue weighted by Gasteiger charge is -2.17. The Morgan fingerprint density at radius 2 is 1.28 bits per heavy atom. The maximum Gasteiger partial charge on any atom is 0.332 e. The minimum absolute atomic E-state index is 0.0486. The molecule has 0 aromatic heterocycles. The van der Waals surface area contributed by atoms with E-state index in [2.05, 4.69) is 6.92 Å². The molecule has 0 fully saturated rings. The maximum absolute atomic E-state index is 11.3. The van der Waals surface area contributed by atoms with Gasteiger partial charge in [-0.05, 0) is 32.1 Å². The largest absolute Gasteiger partial charge is 0.481 e. The van der Waals surface area contributed by atoms with E-state index in [4.69, 9.17) is 14.9 Å². The third kappa shape index (κ3) is 17.5. The van der Waals surface area contributed by atoms with Gasteiger partial charge in [0.05, 0.1) is 0 Å². The van der Waals surface area contributed by atoms with Crippen molar-refractivity contribution in [1.82, 2.24) is 0 Å². The molecule has 0 aromatic rings. The molecule has 0 radical (unpaired) electrons. The van der Waals surface area contributed by atoms with E-state index in [-0.39, 0.29) is 12.5 Å². The first-order valence-electron chi connectivity index (χ1n) is 10.1. The second-order valence-corrected chi connectivity index (χ2v) is 6.88. The Labute approximate surface area is 153 Å². The van der Waals surface area contributed by atoms with Crippen molar-refractivity contribution < 1.29 is 24.5 Å². The molecule has 0 aromatic carbocycles. The minimum atomic E-state index is -0.703. The summed E-state index contributed by atoms with van der Waals surface area (Å²) in [6, 6.07) is 0. The Kier molecular flexibility index (Phi) is 16.9. The molecule has 1 unspecified atom stereocenters. The molecule has 0 aliphatic carbocycles. The number of ether oxygens (including phenoxy) is 1. The van der Waals surface area contributed by atoms with Gasteiger partial charge in [0, 0.05) is 6.42 Å². The molecule has 0 spiro atoms. The van der Waals surface area contributed by atoms with Gasteiger partial charge in [0.2, 0.25) is 0 Å². The van der Waals surface area contributed by atoms with Crippen molar-refractivity contribution in [2.24, 2.45) is 0 Å². The molecular weight excluding hydrogens is 320 g/mol. The highest BCUT2D eigenvalue weighted by Crippen LogP contribution is 2.16. The van der Waals surface area contributed by atoms with Gasteiger partial charge in [-0.15, -0.1) is 0 Å². The summed E-state index contributed by atoms with van der Waals surface area (Å²) in [6.45, 7) is 1.64. The van der Waals surface area contributed by atoms with Crippen molar-refractivity contribution in [2.45, 2.75) is 109 Å². The summed E-state index contributed by atoms with van der Waals surface area (Å²) in [5.41, 5.74) is 0. The Balaban J connectivity index is 3.64. The second-order valence-electron chi connectivity index (χ2n) is 6.88. The highest BCUT2D eigenvalue weighted by Gasteiger charge is 2.13. The number of carbonyl (C=O) groups excluding carboxylic acids is 1. The summed E-state index contributed by atoms with van der Waals surface area (Å²) in [7, 11) is 0. The van der Waals surface area contributed by atoms with Crippen LogP contribution in [0.5, 0.6) is 0 Å². The summed E-state index contributed by atoms with van der Waals surface area (Å²) in [4.78, 5) is 21.7. The number of aliphatic hydroxyl groups excluding tert-OH is 1.